The first kappa shape index (κ1) is 14.4. The Hall–Kier alpha value is -0.0800. The van der Waals surface area contributed by atoms with Gasteiger partial charge >= 0.3 is 0 Å². The van der Waals surface area contributed by atoms with Crippen molar-refractivity contribution in [1.82, 2.24) is 10.2 Å². The Morgan fingerprint density at radius 2 is 1.67 bits per heavy atom. The molecule has 1 fully saturated rings. The number of likely N-dealkylation sites (tertiary alicyclic amines) is 1. The molecule has 0 saturated carbocycles. The lowest BCUT2D eigenvalue weighted by Crippen LogP contribution is -2.20. The summed E-state index contributed by atoms with van der Waals surface area (Å²) in [6.45, 7) is 7.59. The summed E-state index contributed by atoms with van der Waals surface area (Å²) in [5.74, 6) is 0. The minimum atomic E-state index is 0.847. The summed E-state index contributed by atoms with van der Waals surface area (Å²) >= 11 is 0. The standard InChI is InChI=1S/C6H13N.C2H7N.C2H6/c1-6-4-3-5-7(6)2;1-3-2;1-2/h6H,3-5H2,1-2H3;3H,1-2H3;1-2H3. The molecule has 0 aromatic rings. The molecule has 1 heterocycles. The van der Waals surface area contributed by atoms with Gasteiger partial charge in [0.25, 0.3) is 0 Å². The van der Waals surface area contributed by atoms with Gasteiger partial charge in [-0.3, -0.25) is 0 Å². The van der Waals surface area contributed by atoms with Gasteiger partial charge in [-0.2, -0.15) is 0 Å². The molecule has 12 heavy (non-hydrogen) atoms. The van der Waals surface area contributed by atoms with Gasteiger partial charge in [0.1, 0.15) is 0 Å². The van der Waals surface area contributed by atoms with E-state index in [0.29, 0.717) is 0 Å². The molecular formula is C10H26N2. The first-order valence-corrected chi connectivity index (χ1v) is 5.01. The smallest absolute Gasteiger partial charge is 0.00643 e. The minimum absolute atomic E-state index is 0.847. The van der Waals surface area contributed by atoms with Crippen LogP contribution in [-0.4, -0.2) is 38.6 Å². The van der Waals surface area contributed by atoms with Crippen molar-refractivity contribution in [3.63, 3.8) is 0 Å². The highest BCUT2D eigenvalue weighted by Crippen LogP contribution is 2.12. The normalized spacial score (nSPS) is 22.0. The molecule has 0 amide bonds. The van der Waals surface area contributed by atoms with Crippen LogP contribution in [-0.2, 0) is 0 Å². The van der Waals surface area contributed by atoms with Gasteiger partial charge in [0.15, 0.2) is 0 Å². The first-order valence-electron chi connectivity index (χ1n) is 5.01. The van der Waals surface area contributed by atoms with Crippen LogP contribution in [0.4, 0.5) is 0 Å². The number of rotatable bonds is 0. The molecule has 0 bridgehead atoms. The molecule has 0 aromatic carbocycles. The summed E-state index contributed by atoms with van der Waals surface area (Å²) < 4.78 is 0. The Bertz CT molecular complexity index is 66.2. The molecule has 2 nitrogen and oxygen atoms in total. The second-order valence-corrected chi connectivity index (χ2v) is 2.97. The van der Waals surface area contributed by atoms with Crippen molar-refractivity contribution < 1.29 is 0 Å². The third kappa shape index (κ3) is 8.02. The molecule has 1 rings (SSSR count). The van der Waals surface area contributed by atoms with E-state index in [-0.39, 0.29) is 0 Å². The Morgan fingerprint density at radius 3 is 1.75 bits per heavy atom. The van der Waals surface area contributed by atoms with Crippen LogP contribution in [0.3, 0.4) is 0 Å². The lowest BCUT2D eigenvalue weighted by molar-refractivity contribution is 0.331. The van der Waals surface area contributed by atoms with Crippen molar-refractivity contribution in [1.29, 1.82) is 0 Å². The molecule has 2 heteroatoms. The average Bonchev–Trinajstić information content (AvgIpc) is 2.42. The quantitative estimate of drug-likeness (QED) is 0.604. The fourth-order valence-corrected chi connectivity index (χ4v) is 1.08. The summed E-state index contributed by atoms with van der Waals surface area (Å²) in [6.07, 6.45) is 2.80. The van der Waals surface area contributed by atoms with Gasteiger partial charge < -0.3 is 10.2 Å². The van der Waals surface area contributed by atoms with Crippen molar-refractivity contribution >= 4 is 0 Å². The van der Waals surface area contributed by atoms with Gasteiger partial charge in [0, 0.05) is 6.04 Å². The third-order valence-electron chi connectivity index (χ3n) is 1.89. The first-order chi connectivity index (χ1) is 5.72. The third-order valence-corrected chi connectivity index (χ3v) is 1.89. The fourth-order valence-electron chi connectivity index (χ4n) is 1.08. The van der Waals surface area contributed by atoms with E-state index in [2.05, 4.69) is 24.2 Å². The van der Waals surface area contributed by atoms with Crippen molar-refractivity contribution in [3.05, 3.63) is 0 Å². The van der Waals surface area contributed by atoms with Crippen molar-refractivity contribution in [2.24, 2.45) is 0 Å². The monoisotopic (exact) mass is 174 g/mol. The van der Waals surface area contributed by atoms with Crippen LogP contribution in [0.2, 0.25) is 0 Å². The molecule has 1 aliphatic heterocycles. The highest BCUT2D eigenvalue weighted by molar-refractivity contribution is 4.70. The lowest BCUT2D eigenvalue weighted by atomic mass is 10.3. The second-order valence-electron chi connectivity index (χ2n) is 2.97. The predicted octanol–water partition coefficient (Wildman–Crippen LogP) is 1.96. The molecule has 0 spiro atoms. The number of hydrogen-bond acceptors (Lipinski definition) is 2. The topological polar surface area (TPSA) is 15.3 Å². The van der Waals surface area contributed by atoms with Crippen LogP contribution in [0.5, 0.6) is 0 Å². The highest BCUT2D eigenvalue weighted by atomic mass is 15.1. The summed E-state index contributed by atoms with van der Waals surface area (Å²) in [5, 5.41) is 2.75. The maximum atomic E-state index is 2.75. The zero-order valence-corrected chi connectivity index (χ0v) is 9.65. The van der Waals surface area contributed by atoms with E-state index in [9.17, 15) is 0 Å². The Labute approximate surface area is 78.3 Å². The number of nitrogens with one attached hydrogen (secondary N) is 1. The summed E-state index contributed by atoms with van der Waals surface area (Å²) in [7, 11) is 5.94. The van der Waals surface area contributed by atoms with E-state index in [1.54, 1.807) is 0 Å². The molecule has 0 aliphatic carbocycles. The molecule has 1 unspecified atom stereocenters. The van der Waals surface area contributed by atoms with Crippen LogP contribution < -0.4 is 5.32 Å². The van der Waals surface area contributed by atoms with Gasteiger partial charge in [-0.25, -0.2) is 0 Å². The summed E-state index contributed by atoms with van der Waals surface area (Å²) in [6, 6.07) is 0.847. The number of nitrogens with zero attached hydrogens (tertiary/aromatic N) is 1. The zero-order valence-electron chi connectivity index (χ0n) is 9.65. The van der Waals surface area contributed by atoms with Crippen molar-refractivity contribution in [2.45, 2.75) is 39.7 Å². The van der Waals surface area contributed by atoms with E-state index in [4.69, 9.17) is 0 Å². The maximum Gasteiger partial charge on any atom is 0.00643 e. The summed E-state index contributed by atoms with van der Waals surface area (Å²) in [5.41, 5.74) is 0. The molecule has 0 radical (unpaired) electrons. The Kier molecular flexibility index (Phi) is 13.1. The summed E-state index contributed by atoms with van der Waals surface area (Å²) in [4.78, 5) is 2.40. The molecular weight excluding hydrogens is 148 g/mol. The van der Waals surface area contributed by atoms with E-state index in [0.717, 1.165) is 6.04 Å². The average molecular weight is 174 g/mol. The van der Waals surface area contributed by atoms with Crippen LogP contribution in [0.1, 0.15) is 33.6 Å². The van der Waals surface area contributed by atoms with Crippen molar-refractivity contribution in [3.8, 4) is 0 Å². The molecule has 1 aliphatic rings. The highest BCUT2D eigenvalue weighted by Gasteiger charge is 2.14. The van der Waals surface area contributed by atoms with Gasteiger partial charge in [-0.15, -0.1) is 0 Å². The zero-order chi connectivity index (χ0) is 9.98. The molecule has 1 N–H and O–H groups in total. The van der Waals surface area contributed by atoms with E-state index in [1.807, 2.05) is 27.9 Å². The van der Waals surface area contributed by atoms with Crippen LogP contribution in [0, 0.1) is 0 Å². The Morgan fingerprint density at radius 1 is 1.25 bits per heavy atom. The van der Waals surface area contributed by atoms with Crippen LogP contribution in [0.15, 0.2) is 0 Å². The maximum absolute atomic E-state index is 2.75. The Balaban J connectivity index is 0. The van der Waals surface area contributed by atoms with E-state index < -0.39 is 0 Å². The van der Waals surface area contributed by atoms with Gasteiger partial charge in [0.05, 0.1) is 0 Å². The molecule has 1 saturated heterocycles. The predicted molar refractivity (Wildman–Crippen MR) is 57.7 cm³/mol. The minimum Gasteiger partial charge on any atom is -0.323 e. The molecule has 76 valence electrons. The number of hydrogen-bond donors (Lipinski definition) is 1. The van der Waals surface area contributed by atoms with E-state index >= 15 is 0 Å². The molecule has 0 aromatic heterocycles. The van der Waals surface area contributed by atoms with Crippen molar-refractivity contribution in [2.75, 3.05) is 27.7 Å². The van der Waals surface area contributed by atoms with Gasteiger partial charge in [0.2, 0.25) is 0 Å². The SMILES string of the molecule is CC.CC1CCCN1C.CNC. The second kappa shape index (κ2) is 10.9. The van der Waals surface area contributed by atoms with Crippen LogP contribution >= 0.6 is 0 Å². The van der Waals surface area contributed by atoms with Crippen LogP contribution in [0.25, 0.3) is 0 Å². The van der Waals surface area contributed by atoms with Gasteiger partial charge in [-0.05, 0) is 47.5 Å². The van der Waals surface area contributed by atoms with E-state index in [1.165, 1.54) is 19.4 Å². The largest absolute Gasteiger partial charge is 0.323 e. The molecule has 1 atom stereocenters. The lowest BCUT2D eigenvalue weighted by Gasteiger charge is -2.12. The fraction of sp³-hybridized carbons (Fsp3) is 1.00. The van der Waals surface area contributed by atoms with Gasteiger partial charge in [-0.1, -0.05) is 13.8 Å².